The van der Waals surface area contributed by atoms with Crippen molar-refractivity contribution in [2.24, 2.45) is 0 Å². The van der Waals surface area contributed by atoms with E-state index in [1.165, 1.54) is 19.3 Å². The van der Waals surface area contributed by atoms with E-state index >= 15 is 0 Å². The number of rotatable bonds is 3. The summed E-state index contributed by atoms with van der Waals surface area (Å²) < 4.78 is 22.0. The first-order valence-electron chi connectivity index (χ1n) is 6.11. The first-order valence-corrected chi connectivity index (χ1v) is 8.17. The van der Waals surface area contributed by atoms with Crippen molar-refractivity contribution in [3.05, 3.63) is 0 Å². The van der Waals surface area contributed by atoms with Crippen molar-refractivity contribution in [2.45, 2.75) is 43.7 Å². The molecular formula is C11H20N2O3S. The first-order chi connectivity index (χ1) is 7.89. The Balaban J connectivity index is 1.84. The summed E-state index contributed by atoms with van der Waals surface area (Å²) in [6, 6.07) is 0.130. The van der Waals surface area contributed by atoms with Gasteiger partial charge in [-0.15, -0.1) is 0 Å². The lowest BCUT2D eigenvalue weighted by Gasteiger charge is -2.48. The summed E-state index contributed by atoms with van der Waals surface area (Å²) in [5.74, 6) is -0.766. The Kier molecular flexibility index (Phi) is 3.45. The van der Waals surface area contributed by atoms with Gasteiger partial charge in [0.2, 0.25) is 5.91 Å². The van der Waals surface area contributed by atoms with E-state index in [0.717, 1.165) is 25.6 Å². The van der Waals surface area contributed by atoms with Crippen LogP contribution >= 0.6 is 0 Å². The van der Waals surface area contributed by atoms with E-state index in [1.807, 2.05) is 0 Å². The predicted octanol–water partition coefficient (Wildman–Crippen LogP) is -0.178. The van der Waals surface area contributed by atoms with Crippen molar-refractivity contribution in [2.75, 3.05) is 18.6 Å². The summed E-state index contributed by atoms with van der Waals surface area (Å²) in [5, 5.41) is 6.35. The molecular weight excluding hydrogens is 240 g/mol. The van der Waals surface area contributed by atoms with Gasteiger partial charge in [0.1, 0.15) is 5.75 Å². The van der Waals surface area contributed by atoms with Crippen molar-refractivity contribution >= 4 is 15.7 Å². The van der Waals surface area contributed by atoms with Gasteiger partial charge in [-0.25, -0.2) is 8.42 Å². The fourth-order valence-electron chi connectivity index (χ4n) is 2.77. The molecule has 2 fully saturated rings. The fourth-order valence-corrected chi connectivity index (χ4v) is 3.33. The summed E-state index contributed by atoms with van der Waals surface area (Å²) in [5.41, 5.74) is 0.223. The average Bonchev–Trinajstić information content (AvgIpc) is 2.12. The maximum Gasteiger partial charge on any atom is 0.235 e. The van der Waals surface area contributed by atoms with E-state index in [1.54, 1.807) is 0 Å². The Morgan fingerprint density at radius 3 is 2.71 bits per heavy atom. The van der Waals surface area contributed by atoms with Gasteiger partial charge in [-0.1, -0.05) is 0 Å². The quantitative estimate of drug-likeness (QED) is 0.738. The minimum absolute atomic E-state index is 0.130. The highest BCUT2D eigenvalue weighted by Crippen LogP contribution is 2.38. The molecule has 5 nitrogen and oxygen atoms in total. The number of carbonyl (C=O) groups excluding carboxylic acids is 1. The minimum Gasteiger partial charge on any atom is -0.352 e. The number of nitrogens with one attached hydrogen (secondary N) is 2. The van der Waals surface area contributed by atoms with E-state index in [0.29, 0.717) is 0 Å². The third kappa shape index (κ3) is 3.42. The molecule has 0 aromatic carbocycles. The number of piperidine rings is 1. The third-order valence-electron chi connectivity index (χ3n) is 3.70. The normalized spacial score (nSPS) is 27.5. The lowest BCUT2D eigenvalue weighted by molar-refractivity contribution is -0.119. The minimum atomic E-state index is -3.22. The Hall–Kier alpha value is -0.620. The van der Waals surface area contributed by atoms with E-state index < -0.39 is 15.6 Å². The number of sulfone groups is 1. The van der Waals surface area contributed by atoms with Crippen LogP contribution in [0.15, 0.2) is 0 Å². The predicted molar refractivity (Wildman–Crippen MR) is 65.5 cm³/mol. The van der Waals surface area contributed by atoms with Crippen LogP contribution in [-0.4, -0.2) is 44.5 Å². The first kappa shape index (κ1) is 12.8. The van der Waals surface area contributed by atoms with Crippen LogP contribution in [-0.2, 0) is 14.6 Å². The number of carbonyl (C=O) groups is 1. The van der Waals surface area contributed by atoms with Crippen molar-refractivity contribution < 1.29 is 13.2 Å². The maximum atomic E-state index is 11.5. The molecule has 0 bridgehead atoms. The maximum absolute atomic E-state index is 11.5. The van der Waals surface area contributed by atoms with Crippen LogP contribution in [0.1, 0.15) is 32.1 Å². The van der Waals surface area contributed by atoms with Gasteiger partial charge in [-0.05, 0) is 38.6 Å². The zero-order valence-corrected chi connectivity index (χ0v) is 11.0. The second-order valence-corrected chi connectivity index (χ2v) is 7.53. The molecule has 0 aromatic heterocycles. The van der Waals surface area contributed by atoms with Crippen molar-refractivity contribution in [3.8, 4) is 0 Å². The number of amides is 1. The monoisotopic (exact) mass is 260 g/mol. The van der Waals surface area contributed by atoms with Gasteiger partial charge in [0.05, 0.1) is 0 Å². The molecule has 2 N–H and O–H groups in total. The summed E-state index contributed by atoms with van der Waals surface area (Å²) in [6.45, 7) is 0.907. The smallest absolute Gasteiger partial charge is 0.235 e. The van der Waals surface area contributed by atoms with Gasteiger partial charge < -0.3 is 10.6 Å². The summed E-state index contributed by atoms with van der Waals surface area (Å²) in [7, 11) is -3.22. The second-order valence-electron chi connectivity index (χ2n) is 5.39. The van der Waals surface area contributed by atoms with Gasteiger partial charge in [0.25, 0.3) is 0 Å². The molecule has 1 aliphatic carbocycles. The highest BCUT2D eigenvalue weighted by Gasteiger charge is 2.41. The topological polar surface area (TPSA) is 75.3 Å². The van der Waals surface area contributed by atoms with E-state index in [-0.39, 0.29) is 17.5 Å². The molecule has 6 heteroatoms. The molecule has 98 valence electrons. The molecule has 1 amide bonds. The van der Waals surface area contributed by atoms with Crippen molar-refractivity contribution in [1.82, 2.24) is 10.6 Å². The van der Waals surface area contributed by atoms with Gasteiger partial charge in [-0.2, -0.15) is 0 Å². The van der Waals surface area contributed by atoms with Crippen LogP contribution in [0.5, 0.6) is 0 Å². The zero-order valence-electron chi connectivity index (χ0n) is 10.2. The van der Waals surface area contributed by atoms with E-state index in [2.05, 4.69) is 10.6 Å². The Bertz CT molecular complexity index is 401. The largest absolute Gasteiger partial charge is 0.352 e. The molecule has 1 unspecified atom stereocenters. The van der Waals surface area contributed by atoms with Crippen LogP contribution in [0, 0.1) is 0 Å². The average molecular weight is 260 g/mol. The molecule has 0 aromatic rings. The van der Waals surface area contributed by atoms with Crippen molar-refractivity contribution in [1.29, 1.82) is 0 Å². The standard InChI is InChI=1S/C11H20N2O3S/c1-17(15,16)8-10(14)13-9-3-6-12-11(7-9)4-2-5-11/h9,12H,2-8H2,1H3,(H,13,14). The molecule has 1 saturated carbocycles. The van der Waals surface area contributed by atoms with E-state index in [4.69, 9.17) is 0 Å². The van der Waals surface area contributed by atoms with Crippen LogP contribution in [0.4, 0.5) is 0 Å². The zero-order chi connectivity index (χ0) is 12.5. The summed E-state index contributed by atoms with van der Waals surface area (Å²) in [4.78, 5) is 11.5. The van der Waals surface area contributed by atoms with Gasteiger partial charge in [0, 0.05) is 17.8 Å². The number of hydrogen-bond donors (Lipinski definition) is 2. The highest BCUT2D eigenvalue weighted by molar-refractivity contribution is 7.91. The molecule has 17 heavy (non-hydrogen) atoms. The lowest BCUT2D eigenvalue weighted by atomic mass is 9.70. The Morgan fingerprint density at radius 1 is 1.47 bits per heavy atom. The molecule has 0 radical (unpaired) electrons. The fraction of sp³-hybridized carbons (Fsp3) is 0.909. The van der Waals surface area contributed by atoms with Gasteiger partial charge in [-0.3, -0.25) is 4.79 Å². The molecule has 2 aliphatic rings. The van der Waals surface area contributed by atoms with Crippen molar-refractivity contribution in [3.63, 3.8) is 0 Å². The number of hydrogen-bond acceptors (Lipinski definition) is 4. The second kappa shape index (κ2) is 4.57. The van der Waals surface area contributed by atoms with Crippen LogP contribution in [0.3, 0.4) is 0 Å². The highest BCUT2D eigenvalue weighted by atomic mass is 32.2. The molecule has 1 heterocycles. The molecule has 1 spiro atoms. The van der Waals surface area contributed by atoms with Crippen LogP contribution in [0.25, 0.3) is 0 Å². The third-order valence-corrected chi connectivity index (χ3v) is 4.49. The summed E-state index contributed by atoms with van der Waals surface area (Å²) in [6.07, 6.45) is 6.50. The Labute approximate surface area is 102 Å². The van der Waals surface area contributed by atoms with E-state index in [9.17, 15) is 13.2 Å². The molecule has 1 saturated heterocycles. The molecule has 1 atom stereocenters. The Morgan fingerprint density at radius 2 is 2.18 bits per heavy atom. The molecule has 2 rings (SSSR count). The van der Waals surface area contributed by atoms with Crippen LogP contribution < -0.4 is 10.6 Å². The van der Waals surface area contributed by atoms with Gasteiger partial charge >= 0.3 is 0 Å². The van der Waals surface area contributed by atoms with Crippen LogP contribution in [0.2, 0.25) is 0 Å². The molecule has 1 aliphatic heterocycles. The lowest BCUT2D eigenvalue weighted by Crippen LogP contribution is -2.60. The SMILES string of the molecule is CS(=O)(=O)CC(=O)NC1CCNC2(CCC2)C1. The van der Waals surface area contributed by atoms with Gasteiger partial charge in [0.15, 0.2) is 9.84 Å². The summed E-state index contributed by atoms with van der Waals surface area (Å²) >= 11 is 0.